The van der Waals surface area contributed by atoms with Crippen LogP contribution in [0.15, 0.2) is 12.4 Å². The third-order valence-electron chi connectivity index (χ3n) is 5.91. The number of aromatic nitrogens is 3. The Kier molecular flexibility index (Phi) is 4.49. The number of nitrogens with zero attached hydrogens (tertiary/aromatic N) is 3. The van der Waals surface area contributed by atoms with Gasteiger partial charge in [0.1, 0.15) is 6.33 Å². The van der Waals surface area contributed by atoms with Gasteiger partial charge >= 0.3 is 0 Å². The van der Waals surface area contributed by atoms with Gasteiger partial charge in [-0.3, -0.25) is 9.20 Å². The number of aryl methyl sites for hydroxylation is 2. The maximum absolute atomic E-state index is 13.0. The second-order valence-corrected chi connectivity index (χ2v) is 9.25. The molecule has 6 nitrogen and oxygen atoms in total. The molecule has 1 N–H and O–H groups in total. The number of fused-ring (bicyclic) bond motifs is 3. The van der Waals surface area contributed by atoms with Crippen LogP contribution in [0.25, 0.3) is 5.65 Å². The zero-order chi connectivity index (χ0) is 19.3. The predicted octanol–water partition coefficient (Wildman–Crippen LogP) is 3.45. The van der Waals surface area contributed by atoms with Crippen LogP contribution < -0.4 is 5.32 Å². The van der Waals surface area contributed by atoms with E-state index in [0.29, 0.717) is 29.3 Å². The van der Waals surface area contributed by atoms with Crippen LogP contribution in [0, 0.1) is 25.7 Å². The second kappa shape index (κ2) is 6.59. The molecule has 2 heterocycles. The molecule has 0 aliphatic heterocycles. The Hall–Kier alpha value is -1.95. The van der Waals surface area contributed by atoms with E-state index in [4.69, 9.17) is 4.74 Å². The molecule has 2 aromatic heterocycles. The third-order valence-corrected chi connectivity index (χ3v) is 5.91. The highest BCUT2D eigenvalue weighted by Crippen LogP contribution is 2.44. The van der Waals surface area contributed by atoms with E-state index in [1.807, 2.05) is 24.3 Å². The normalized spacial score (nSPS) is 27.9. The molecule has 2 bridgehead atoms. The molecule has 0 unspecified atom stereocenters. The first-order valence-corrected chi connectivity index (χ1v) is 10.0. The van der Waals surface area contributed by atoms with Crippen molar-refractivity contribution >= 4 is 11.6 Å². The van der Waals surface area contributed by atoms with E-state index in [-0.39, 0.29) is 17.6 Å². The quantitative estimate of drug-likeness (QED) is 0.898. The molecule has 2 aliphatic rings. The number of hydrogen-bond acceptors (Lipinski definition) is 4. The van der Waals surface area contributed by atoms with Gasteiger partial charge in [0.2, 0.25) is 0 Å². The van der Waals surface area contributed by atoms with E-state index in [1.54, 1.807) is 6.33 Å². The second-order valence-electron chi connectivity index (χ2n) is 9.25. The minimum absolute atomic E-state index is 0.105. The Labute approximate surface area is 160 Å². The Morgan fingerprint density at radius 2 is 1.89 bits per heavy atom. The Balaban J connectivity index is 1.50. The number of imidazole rings is 1. The van der Waals surface area contributed by atoms with Gasteiger partial charge in [-0.15, -0.1) is 0 Å². The monoisotopic (exact) mass is 370 g/mol. The first-order chi connectivity index (χ1) is 12.7. The van der Waals surface area contributed by atoms with E-state index in [0.717, 1.165) is 24.2 Å². The Morgan fingerprint density at radius 3 is 2.52 bits per heavy atom. The molecule has 0 spiro atoms. The molecule has 0 saturated heterocycles. The van der Waals surface area contributed by atoms with Crippen LogP contribution in [0.1, 0.15) is 68.3 Å². The molecular formula is C21H30N4O2. The summed E-state index contributed by atoms with van der Waals surface area (Å²) >= 11 is 0. The molecule has 6 heteroatoms. The smallest absolute Gasteiger partial charge is 0.274 e. The molecule has 2 saturated carbocycles. The van der Waals surface area contributed by atoms with Crippen molar-refractivity contribution in [3.05, 3.63) is 29.5 Å². The molecule has 2 aliphatic carbocycles. The third kappa shape index (κ3) is 3.59. The van der Waals surface area contributed by atoms with Crippen LogP contribution in [0.2, 0.25) is 0 Å². The van der Waals surface area contributed by atoms with Crippen molar-refractivity contribution in [1.82, 2.24) is 19.7 Å². The van der Waals surface area contributed by atoms with Gasteiger partial charge in [-0.05, 0) is 78.2 Å². The van der Waals surface area contributed by atoms with Crippen molar-refractivity contribution in [2.24, 2.45) is 11.8 Å². The average molecular weight is 370 g/mol. The molecule has 1 amide bonds. The van der Waals surface area contributed by atoms with Crippen LogP contribution in [-0.2, 0) is 4.74 Å². The fraction of sp³-hybridized carbons (Fsp3) is 0.667. The lowest BCUT2D eigenvalue weighted by Gasteiger charge is -2.38. The maximum atomic E-state index is 13.0. The summed E-state index contributed by atoms with van der Waals surface area (Å²) in [6.45, 7) is 10.3. The summed E-state index contributed by atoms with van der Waals surface area (Å²) in [6.07, 6.45) is 6.38. The largest absolute Gasteiger partial charge is 0.373 e. The van der Waals surface area contributed by atoms with E-state index in [2.05, 4.69) is 36.1 Å². The van der Waals surface area contributed by atoms with E-state index in [1.165, 1.54) is 12.8 Å². The fourth-order valence-corrected chi connectivity index (χ4v) is 4.96. The topological polar surface area (TPSA) is 68.5 Å². The summed E-state index contributed by atoms with van der Waals surface area (Å²) in [5, 5.41) is 3.29. The van der Waals surface area contributed by atoms with E-state index in [9.17, 15) is 4.79 Å². The molecule has 4 rings (SSSR count). The van der Waals surface area contributed by atoms with Gasteiger partial charge in [-0.1, -0.05) is 0 Å². The van der Waals surface area contributed by atoms with Crippen molar-refractivity contribution in [2.75, 3.05) is 0 Å². The summed E-state index contributed by atoms with van der Waals surface area (Å²) in [4.78, 5) is 21.9. The number of hydrogen-bond donors (Lipinski definition) is 1. The number of amides is 1. The lowest BCUT2D eigenvalue weighted by molar-refractivity contribution is -0.0875. The molecule has 27 heavy (non-hydrogen) atoms. The number of carbonyl (C=O) groups is 1. The first-order valence-electron chi connectivity index (χ1n) is 10.0. The van der Waals surface area contributed by atoms with Gasteiger partial charge in [-0.25, -0.2) is 9.97 Å². The molecule has 0 radical (unpaired) electrons. The minimum Gasteiger partial charge on any atom is -0.373 e. The molecular weight excluding hydrogens is 340 g/mol. The predicted molar refractivity (Wildman–Crippen MR) is 104 cm³/mol. The van der Waals surface area contributed by atoms with E-state index < -0.39 is 0 Å². The standard InChI is InChI=1S/C21H30N4O2/c1-12-8-13(2)25-11-22-18(19(25)23-12)20(26)24-17-14-6-7-15(17)10-16(9-14)27-21(3,4)5/h8,11,14-17H,6-7,9-10H2,1-5H3,(H,24,26)/t14-,15+,16-,17-. The lowest BCUT2D eigenvalue weighted by atomic mass is 9.82. The van der Waals surface area contributed by atoms with Gasteiger partial charge in [0, 0.05) is 17.4 Å². The van der Waals surface area contributed by atoms with Crippen molar-refractivity contribution in [3.8, 4) is 0 Å². The Bertz CT molecular complexity index is 853. The van der Waals surface area contributed by atoms with Crippen molar-refractivity contribution in [3.63, 3.8) is 0 Å². The van der Waals surface area contributed by atoms with Crippen molar-refractivity contribution in [1.29, 1.82) is 0 Å². The highest BCUT2D eigenvalue weighted by atomic mass is 16.5. The molecule has 146 valence electrons. The average Bonchev–Trinajstić information content (AvgIpc) is 3.05. The zero-order valence-corrected chi connectivity index (χ0v) is 17.0. The van der Waals surface area contributed by atoms with E-state index >= 15 is 0 Å². The Morgan fingerprint density at radius 1 is 1.22 bits per heavy atom. The van der Waals surface area contributed by atoms with Crippen molar-refractivity contribution < 1.29 is 9.53 Å². The first kappa shape index (κ1) is 18.4. The summed E-state index contributed by atoms with van der Waals surface area (Å²) in [7, 11) is 0. The summed E-state index contributed by atoms with van der Waals surface area (Å²) < 4.78 is 8.11. The van der Waals surface area contributed by atoms with Gasteiger partial charge in [0.25, 0.3) is 5.91 Å². The van der Waals surface area contributed by atoms with Crippen LogP contribution in [-0.4, -0.2) is 38.0 Å². The summed E-state index contributed by atoms with van der Waals surface area (Å²) in [5.74, 6) is 0.878. The van der Waals surface area contributed by atoms with Gasteiger partial charge < -0.3 is 10.1 Å². The molecule has 2 fully saturated rings. The number of nitrogens with one attached hydrogen (secondary N) is 1. The fourth-order valence-electron chi connectivity index (χ4n) is 4.96. The van der Waals surface area contributed by atoms with Gasteiger partial charge in [-0.2, -0.15) is 0 Å². The molecule has 0 aromatic carbocycles. The number of rotatable bonds is 3. The molecule has 4 atom stereocenters. The zero-order valence-electron chi connectivity index (χ0n) is 17.0. The number of ether oxygens (including phenoxy) is 1. The van der Waals surface area contributed by atoms with Crippen LogP contribution in [0.4, 0.5) is 0 Å². The maximum Gasteiger partial charge on any atom is 0.274 e. The van der Waals surface area contributed by atoms with Crippen LogP contribution in [0.5, 0.6) is 0 Å². The van der Waals surface area contributed by atoms with Gasteiger partial charge in [0.05, 0.1) is 11.7 Å². The summed E-state index contributed by atoms with van der Waals surface area (Å²) in [6, 6.07) is 2.22. The van der Waals surface area contributed by atoms with Gasteiger partial charge in [0.15, 0.2) is 11.3 Å². The molecule has 2 aromatic rings. The van der Waals surface area contributed by atoms with Crippen LogP contribution in [0.3, 0.4) is 0 Å². The number of carbonyl (C=O) groups excluding carboxylic acids is 1. The van der Waals surface area contributed by atoms with Crippen molar-refractivity contribution in [2.45, 2.75) is 78.0 Å². The lowest BCUT2D eigenvalue weighted by Crippen LogP contribution is -2.47. The minimum atomic E-state index is -0.114. The SMILES string of the molecule is Cc1cc(C)n2cnc(C(=O)N[C@@H]3[C@@H]4CC[C@H]3C[C@H](OC(C)(C)C)C4)c2n1. The van der Waals surface area contributed by atoms with Crippen LogP contribution >= 0.6 is 0 Å². The summed E-state index contributed by atoms with van der Waals surface area (Å²) in [5.41, 5.74) is 2.88. The highest BCUT2D eigenvalue weighted by molar-refractivity contribution is 5.98. The highest BCUT2D eigenvalue weighted by Gasteiger charge is 2.44.